The number of carbonyl (C=O) groups is 2. The average molecular weight is 280 g/mol. The Morgan fingerprint density at radius 1 is 1.15 bits per heavy atom. The van der Waals surface area contributed by atoms with Crippen LogP contribution < -0.4 is 5.32 Å². The van der Waals surface area contributed by atoms with Gasteiger partial charge in [-0.1, -0.05) is 12.8 Å². The Kier molecular flexibility index (Phi) is 3.48. The van der Waals surface area contributed by atoms with Crippen molar-refractivity contribution in [2.75, 3.05) is 7.05 Å². The van der Waals surface area contributed by atoms with E-state index in [9.17, 15) is 14.7 Å². The van der Waals surface area contributed by atoms with Gasteiger partial charge in [0, 0.05) is 18.1 Å². The van der Waals surface area contributed by atoms with Gasteiger partial charge in [-0.2, -0.15) is 0 Å². The summed E-state index contributed by atoms with van der Waals surface area (Å²) in [4.78, 5) is 26.2. The van der Waals surface area contributed by atoms with Crippen LogP contribution in [0.25, 0.3) is 0 Å². The van der Waals surface area contributed by atoms with E-state index < -0.39 is 11.4 Å². The van der Waals surface area contributed by atoms with Crippen molar-refractivity contribution in [2.45, 2.75) is 69.5 Å². The van der Waals surface area contributed by atoms with Crippen LogP contribution in [0.15, 0.2) is 0 Å². The third-order valence-electron chi connectivity index (χ3n) is 5.73. The minimum atomic E-state index is -1.13. The zero-order valence-electron chi connectivity index (χ0n) is 12.1. The number of aliphatic carboxylic acids is 1. The summed E-state index contributed by atoms with van der Waals surface area (Å²) in [6, 6.07) is 1.26. The molecule has 1 amide bonds. The molecule has 0 aromatic carbocycles. The number of nitrogens with one attached hydrogen (secondary N) is 1. The van der Waals surface area contributed by atoms with Crippen molar-refractivity contribution in [1.82, 2.24) is 10.2 Å². The number of carbonyl (C=O) groups excluding carboxylic acids is 1. The predicted molar refractivity (Wildman–Crippen MR) is 74.3 cm³/mol. The van der Waals surface area contributed by atoms with Gasteiger partial charge in [-0.15, -0.1) is 0 Å². The van der Waals surface area contributed by atoms with Crippen LogP contribution in [0.5, 0.6) is 0 Å². The lowest BCUT2D eigenvalue weighted by Gasteiger charge is -2.48. The van der Waals surface area contributed by atoms with E-state index in [2.05, 4.69) is 17.3 Å². The molecule has 0 spiro atoms. The maximum absolute atomic E-state index is 12.4. The van der Waals surface area contributed by atoms with Crippen LogP contribution in [0, 0.1) is 5.41 Å². The molecule has 2 saturated heterocycles. The summed E-state index contributed by atoms with van der Waals surface area (Å²) in [7, 11) is 2.18. The number of piperidine rings is 2. The first kappa shape index (κ1) is 13.9. The van der Waals surface area contributed by atoms with Crippen molar-refractivity contribution in [3.63, 3.8) is 0 Å². The first-order valence-corrected chi connectivity index (χ1v) is 7.79. The fourth-order valence-corrected chi connectivity index (χ4v) is 4.13. The van der Waals surface area contributed by atoms with Gasteiger partial charge in [0.05, 0.1) is 0 Å². The van der Waals surface area contributed by atoms with E-state index in [-0.39, 0.29) is 11.9 Å². The summed E-state index contributed by atoms with van der Waals surface area (Å²) in [6.07, 6.45) is 7.44. The van der Waals surface area contributed by atoms with Crippen molar-refractivity contribution in [2.24, 2.45) is 5.41 Å². The monoisotopic (exact) mass is 280 g/mol. The molecule has 20 heavy (non-hydrogen) atoms. The molecule has 112 valence electrons. The average Bonchev–Trinajstić information content (AvgIpc) is 2.28. The predicted octanol–water partition coefficient (Wildman–Crippen LogP) is 1.37. The highest BCUT2D eigenvalue weighted by Crippen LogP contribution is 2.42. The zero-order chi connectivity index (χ0) is 14.3. The Morgan fingerprint density at radius 2 is 1.75 bits per heavy atom. The quantitative estimate of drug-likeness (QED) is 0.766. The van der Waals surface area contributed by atoms with Gasteiger partial charge in [-0.3, -0.25) is 9.59 Å². The molecule has 0 radical (unpaired) electrons. The van der Waals surface area contributed by atoms with Crippen molar-refractivity contribution in [3.8, 4) is 0 Å². The molecule has 5 heteroatoms. The van der Waals surface area contributed by atoms with E-state index in [0.717, 1.165) is 19.3 Å². The Bertz CT molecular complexity index is 405. The molecule has 2 aliphatic heterocycles. The van der Waals surface area contributed by atoms with Crippen LogP contribution in [0.3, 0.4) is 0 Å². The third-order valence-corrected chi connectivity index (χ3v) is 5.73. The summed E-state index contributed by atoms with van der Waals surface area (Å²) in [5.41, 5.74) is -1.13. The first-order chi connectivity index (χ1) is 9.53. The number of nitrogens with zero attached hydrogens (tertiary/aromatic N) is 1. The molecule has 0 aromatic heterocycles. The van der Waals surface area contributed by atoms with E-state index in [1.165, 1.54) is 19.3 Å². The van der Waals surface area contributed by atoms with Crippen LogP contribution in [-0.4, -0.2) is 47.1 Å². The molecule has 5 nitrogen and oxygen atoms in total. The topological polar surface area (TPSA) is 69.6 Å². The molecule has 1 saturated carbocycles. The summed E-state index contributed by atoms with van der Waals surface area (Å²) < 4.78 is 0. The highest BCUT2D eigenvalue weighted by molar-refractivity contribution is 6.02. The van der Waals surface area contributed by atoms with Crippen molar-refractivity contribution in [3.05, 3.63) is 0 Å². The molecular formula is C15H24N2O3. The molecule has 0 aromatic rings. The molecule has 2 atom stereocenters. The maximum atomic E-state index is 12.4. The normalized spacial score (nSPS) is 36.0. The Labute approximate surface area is 119 Å². The standard InChI is InChI=1S/C15H24N2O3/c1-17-11-4-2-5-12(17)9-10(8-11)16-13(18)15(14(19)20)6-3-7-15/h10-12H,2-9H2,1H3,(H,16,18)(H,19,20). The number of amides is 1. The highest BCUT2D eigenvalue weighted by Gasteiger charge is 2.52. The first-order valence-electron chi connectivity index (χ1n) is 7.79. The SMILES string of the molecule is CN1C2CCCC1CC(NC(=O)C1(C(=O)O)CCC1)C2. The fourth-order valence-electron chi connectivity index (χ4n) is 4.13. The van der Waals surface area contributed by atoms with E-state index >= 15 is 0 Å². The van der Waals surface area contributed by atoms with Crippen LogP contribution in [-0.2, 0) is 9.59 Å². The second-order valence-electron chi connectivity index (χ2n) is 6.79. The van der Waals surface area contributed by atoms with Gasteiger partial charge >= 0.3 is 5.97 Å². The van der Waals surface area contributed by atoms with Crippen LogP contribution >= 0.6 is 0 Å². The molecule has 2 heterocycles. The lowest BCUT2D eigenvalue weighted by atomic mass is 9.68. The fraction of sp³-hybridized carbons (Fsp3) is 0.867. The number of carboxylic acid groups (broad SMARTS) is 1. The van der Waals surface area contributed by atoms with Gasteiger partial charge in [-0.25, -0.2) is 0 Å². The maximum Gasteiger partial charge on any atom is 0.319 e. The number of fused-ring (bicyclic) bond motifs is 2. The summed E-state index contributed by atoms with van der Waals surface area (Å²) in [6.45, 7) is 0. The van der Waals surface area contributed by atoms with Gasteiger partial charge in [0.2, 0.25) is 5.91 Å². The third kappa shape index (κ3) is 2.12. The van der Waals surface area contributed by atoms with Crippen molar-refractivity contribution >= 4 is 11.9 Å². The Morgan fingerprint density at radius 3 is 2.20 bits per heavy atom. The van der Waals surface area contributed by atoms with E-state index in [1.807, 2.05) is 0 Å². The summed E-state index contributed by atoms with van der Waals surface area (Å²) in [5.74, 6) is -1.20. The molecule has 2 N–H and O–H groups in total. The second kappa shape index (κ2) is 5.02. The number of carboxylic acids is 1. The van der Waals surface area contributed by atoms with Crippen molar-refractivity contribution in [1.29, 1.82) is 0 Å². The lowest BCUT2D eigenvalue weighted by molar-refractivity contribution is -0.162. The minimum Gasteiger partial charge on any atom is -0.480 e. The van der Waals surface area contributed by atoms with Gasteiger partial charge in [-0.05, 0) is 45.6 Å². The molecular weight excluding hydrogens is 256 g/mol. The number of hydrogen-bond donors (Lipinski definition) is 2. The largest absolute Gasteiger partial charge is 0.480 e. The van der Waals surface area contributed by atoms with Gasteiger partial charge < -0.3 is 15.3 Å². The minimum absolute atomic E-state index is 0.158. The molecule has 2 bridgehead atoms. The van der Waals surface area contributed by atoms with Crippen LogP contribution in [0.1, 0.15) is 51.4 Å². The molecule has 2 unspecified atom stereocenters. The van der Waals surface area contributed by atoms with Crippen LogP contribution in [0.4, 0.5) is 0 Å². The summed E-state index contributed by atoms with van der Waals surface area (Å²) >= 11 is 0. The Balaban J connectivity index is 1.64. The molecule has 1 aliphatic carbocycles. The van der Waals surface area contributed by atoms with Crippen molar-refractivity contribution < 1.29 is 14.7 Å². The van der Waals surface area contributed by atoms with Gasteiger partial charge in [0.25, 0.3) is 0 Å². The number of hydrogen-bond acceptors (Lipinski definition) is 3. The smallest absolute Gasteiger partial charge is 0.319 e. The highest BCUT2D eigenvalue weighted by atomic mass is 16.4. The molecule has 3 aliphatic rings. The van der Waals surface area contributed by atoms with E-state index in [1.54, 1.807) is 0 Å². The Hall–Kier alpha value is -1.10. The van der Waals surface area contributed by atoms with Crippen LogP contribution in [0.2, 0.25) is 0 Å². The molecule has 3 rings (SSSR count). The molecule has 3 fully saturated rings. The van der Waals surface area contributed by atoms with E-state index in [0.29, 0.717) is 24.9 Å². The lowest BCUT2D eigenvalue weighted by Crippen LogP contribution is -2.59. The second-order valence-corrected chi connectivity index (χ2v) is 6.79. The van der Waals surface area contributed by atoms with Gasteiger partial charge in [0.15, 0.2) is 0 Å². The van der Waals surface area contributed by atoms with E-state index in [4.69, 9.17) is 0 Å². The zero-order valence-corrected chi connectivity index (χ0v) is 12.1. The number of rotatable bonds is 3. The summed E-state index contributed by atoms with van der Waals surface area (Å²) in [5, 5.41) is 12.4. The van der Waals surface area contributed by atoms with Gasteiger partial charge in [0.1, 0.15) is 5.41 Å².